The minimum absolute atomic E-state index is 0.0123. The fourth-order valence-corrected chi connectivity index (χ4v) is 2.61. The largest absolute Gasteiger partial charge is 0.493 e. The monoisotopic (exact) mass is 363 g/mol. The number of halogens is 1. The number of rotatable bonds is 9. The second kappa shape index (κ2) is 9.86. The summed E-state index contributed by atoms with van der Waals surface area (Å²) in [7, 11) is 3.11. The van der Waals surface area contributed by atoms with E-state index in [0.717, 1.165) is 11.1 Å². The standard InChI is InChI=1S/C18H22ClN3O3/c1-24-16-9-14(8-15(19)18(16)25-2)11-21-7-5-17(23)22-12-13-4-3-6-20-10-13/h3-4,6,8-10,21H,5,7,11-12H2,1-2H3,(H,22,23). The molecule has 134 valence electrons. The third-order valence-electron chi connectivity index (χ3n) is 3.56. The van der Waals surface area contributed by atoms with Crippen LogP contribution in [0, 0.1) is 0 Å². The van der Waals surface area contributed by atoms with E-state index in [1.807, 2.05) is 24.3 Å². The molecule has 2 aromatic rings. The van der Waals surface area contributed by atoms with Gasteiger partial charge in [-0.05, 0) is 29.3 Å². The molecule has 1 aromatic heterocycles. The molecule has 0 atom stereocenters. The van der Waals surface area contributed by atoms with Gasteiger partial charge < -0.3 is 20.1 Å². The lowest BCUT2D eigenvalue weighted by atomic mass is 10.2. The van der Waals surface area contributed by atoms with E-state index in [1.54, 1.807) is 26.6 Å². The summed E-state index contributed by atoms with van der Waals surface area (Å²) in [5, 5.41) is 6.58. The van der Waals surface area contributed by atoms with E-state index in [2.05, 4.69) is 15.6 Å². The van der Waals surface area contributed by atoms with Gasteiger partial charge in [-0.25, -0.2) is 0 Å². The van der Waals surface area contributed by atoms with Crippen molar-refractivity contribution in [2.45, 2.75) is 19.5 Å². The molecule has 0 aliphatic rings. The highest BCUT2D eigenvalue weighted by Crippen LogP contribution is 2.35. The van der Waals surface area contributed by atoms with Crippen LogP contribution in [-0.2, 0) is 17.9 Å². The molecule has 7 heteroatoms. The third-order valence-corrected chi connectivity index (χ3v) is 3.84. The summed E-state index contributed by atoms with van der Waals surface area (Å²) < 4.78 is 10.5. The normalized spacial score (nSPS) is 10.4. The number of amides is 1. The van der Waals surface area contributed by atoms with Crippen LogP contribution in [0.5, 0.6) is 11.5 Å². The number of pyridine rings is 1. The Bertz CT molecular complexity index is 695. The summed E-state index contributed by atoms with van der Waals surface area (Å²) >= 11 is 6.17. The van der Waals surface area contributed by atoms with Gasteiger partial charge in [0.1, 0.15) is 0 Å². The second-order valence-electron chi connectivity index (χ2n) is 5.38. The topological polar surface area (TPSA) is 72.5 Å². The van der Waals surface area contributed by atoms with Gasteiger partial charge in [0.05, 0.1) is 19.2 Å². The first kappa shape index (κ1) is 19.0. The molecular formula is C18H22ClN3O3. The van der Waals surface area contributed by atoms with Gasteiger partial charge in [0, 0.05) is 38.4 Å². The molecule has 0 bridgehead atoms. The molecule has 0 unspecified atom stereocenters. The van der Waals surface area contributed by atoms with Gasteiger partial charge in [0.25, 0.3) is 0 Å². The molecule has 0 saturated carbocycles. The van der Waals surface area contributed by atoms with E-state index in [1.165, 1.54) is 0 Å². The van der Waals surface area contributed by atoms with Crippen LogP contribution in [-0.4, -0.2) is 31.7 Å². The highest BCUT2D eigenvalue weighted by atomic mass is 35.5. The fourth-order valence-electron chi connectivity index (χ4n) is 2.30. The van der Waals surface area contributed by atoms with E-state index in [0.29, 0.717) is 42.6 Å². The van der Waals surface area contributed by atoms with E-state index in [-0.39, 0.29) is 5.91 Å². The molecule has 0 fully saturated rings. The van der Waals surface area contributed by atoms with Gasteiger partial charge >= 0.3 is 0 Å². The van der Waals surface area contributed by atoms with Gasteiger partial charge in [0.15, 0.2) is 11.5 Å². The Kier molecular flexibility index (Phi) is 7.50. The fraction of sp³-hybridized carbons (Fsp3) is 0.333. The van der Waals surface area contributed by atoms with Crippen molar-refractivity contribution in [1.29, 1.82) is 0 Å². The number of hydrogen-bond donors (Lipinski definition) is 2. The van der Waals surface area contributed by atoms with Crippen molar-refractivity contribution in [3.05, 3.63) is 52.8 Å². The molecule has 6 nitrogen and oxygen atoms in total. The van der Waals surface area contributed by atoms with Crippen LogP contribution in [0.15, 0.2) is 36.7 Å². The van der Waals surface area contributed by atoms with Gasteiger partial charge in [-0.2, -0.15) is 0 Å². The van der Waals surface area contributed by atoms with Crippen LogP contribution in [0.3, 0.4) is 0 Å². The number of carbonyl (C=O) groups is 1. The number of methoxy groups -OCH3 is 2. The van der Waals surface area contributed by atoms with Gasteiger partial charge in [-0.1, -0.05) is 17.7 Å². The van der Waals surface area contributed by atoms with Crippen molar-refractivity contribution in [3.8, 4) is 11.5 Å². The Morgan fingerprint density at radius 3 is 2.72 bits per heavy atom. The zero-order chi connectivity index (χ0) is 18.1. The molecule has 1 aromatic carbocycles. The van der Waals surface area contributed by atoms with Crippen LogP contribution in [0.4, 0.5) is 0 Å². The average molecular weight is 364 g/mol. The maximum atomic E-state index is 11.8. The predicted molar refractivity (Wildman–Crippen MR) is 97.0 cm³/mol. The minimum atomic E-state index is -0.0123. The number of carbonyl (C=O) groups excluding carboxylic acids is 1. The maximum absolute atomic E-state index is 11.8. The van der Waals surface area contributed by atoms with Gasteiger partial charge in [0.2, 0.25) is 5.91 Å². The summed E-state index contributed by atoms with van der Waals surface area (Å²) in [5.41, 5.74) is 1.93. The molecule has 0 radical (unpaired) electrons. The summed E-state index contributed by atoms with van der Waals surface area (Å²) in [6.07, 6.45) is 3.83. The molecule has 25 heavy (non-hydrogen) atoms. The van der Waals surface area contributed by atoms with E-state index >= 15 is 0 Å². The minimum Gasteiger partial charge on any atom is -0.493 e. The molecule has 1 amide bonds. The number of nitrogens with zero attached hydrogens (tertiary/aromatic N) is 1. The molecule has 0 aliphatic heterocycles. The van der Waals surface area contributed by atoms with Gasteiger partial charge in [-0.3, -0.25) is 9.78 Å². The predicted octanol–water partition coefficient (Wildman–Crippen LogP) is 2.55. The van der Waals surface area contributed by atoms with Crippen molar-refractivity contribution in [1.82, 2.24) is 15.6 Å². The first-order chi connectivity index (χ1) is 12.1. The molecule has 0 spiro atoms. The Balaban J connectivity index is 1.73. The maximum Gasteiger partial charge on any atom is 0.221 e. The Labute approximate surface area is 152 Å². The van der Waals surface area contributed by atoms with E-state index in [4.69, 9.17) is 21.1 Å². The summed E-state index contributed by atoms with van der Waals surface area (Å²) in [6.45, 7) is 1.62. The highest BCUT2D eigenvalue weighted by molar-refractivity contribution is 6.32. The van der Waals surface area contributed by atoms with Crippen LogP contribution in [0.1, 0.15) is 17.5 Å². The Morgan fingerprint density at radius 1 is 1.20 bits per heavy atom. The number of benzene rings is 1. The SMILES string of the molecule is COc1cc(CNCCC(=O)NCc2cccnc2)cc(Cl)c1OC. The summed E-state index contributed by atoms with van der Waals surface area (Å²) in [6, 6.07) is 7.45. The molecule has 0 saturated heterocycles. The van der Waals surface area contributed by atoms with Crippen LogP contribution >= 0.6 is 11.6 Å². The highest BCUT2D eigenvalue weighted by Gasteiger charge is 2.10. The lowest BCUT2D eigenvalue weighted by Crippen LogP contribution is -2.27. The second-order valence-corrected chi connectivity index (χ2v) is 5.79. The first-order valence-electron chi connectivity index (χ1n) is 7.90. The van der Waals surface area contributed by atoms with Crippen LogP contribution in [0.2, 0.25) is 5.02 Å². The van der Waals surface area contributed by atoms with Crippen molar-refractivity contribution < 1.29 is 14.3 Å². The van der Waals surface area contributed by atoms with Crippen molar-refractivity contribution in [2.75, 3.05) is 20.8 Å². The van der Waals surface area contributed by atoms with E-state index < -0.39 is 0 Å². The van der Waals surface area contributed by atoms with Crippen LogP contribution in [0.25, 0.3) is 0 Å². The number of ether oxygens (including phenoxy) is 2. The van der Waals surface area contributed by atoms with Crippen LogP contribution < -0.4 is 20.1 Å². The summed E-state index contributed by atoms with van der Waals surface area (Å²) in [5.74, 6) is 1.09. The van der Waals surface area contributed by atoms with Crippen molar-refractivity contribution in [3.63, 3.8) is 0 Å². The number of hydrogen-bond acceptors (Lipinski definition) is 5. The number of aromatic nitrogens is 1. The summed E-state index contributed by atoms with van der Waals surface area (Å²) in [4.78, 5) is 15.8. The lowest BCUT2D eigenvalue weighted by Gasteiger charge is -2.12. The molecule has 0 aliphatic carbocycles. The molecular weight excluding hydrogens is 342 g/mol. The smallest absolute Gasteiger partial charge is 0.221 e. The van der Waals surface area contributed by atoms with E-state index in [9.17, 15) is 4.79 Å². The quantitative estimate of drug-likeness (QED) is 0.670. The van der Waals surface area contributed by atoms with Gasteiger partial charge in [-0.15, -0.1) is 0 Å². The third kappa shape index (κ3) is 5.92. The molecule has 2 rings (SSSR count). The van der Waals surface area contributed by atoms with Crippen molar-refractivity contribution in [2.24, 2.45) is 0 Å². The zero-order valence-corrected chi connectivity index (χ0v) is 15.1. The Morgan fingerprint density at radius 2 is 2.04 bits per heavy atom. The van der Waals surface area contributed by atoms with Crippen molar-refractivity contribution >= 4 is 17.5 Å². The molecule has 1 heterocycles. The average Bonchev–Trinajstić information content (AvgIpc) is 2.64. The lowest BCUT2D eigenvalue weighted by molar-refractivity contribution is -0.121. The molecule has 2 N–H and O–H groups in total. The first-order valence-corrected chi connectivity index (χ1v) is 8.28. The number of nitrogens with one attached hydrogen (secondary N) is 2. The Hall–Kier alpha value is -2.31. The zero-order valence-electron chi connectivity index (χ0n) is 14.3.